The Balaban J connectivity index is 2.39. The van der Waals surface area contributed by atoms with Crippen LogP contribution in [0.15, 0.2) is 29.2 Å². The molecule has 0 atom stereocenters. The molecule has 2 amide bonds. The third-order valence-electron chi connectivity index (χ3n) is 2.17. The van der Waals surface area contributed by atoms with Gasteiger partial charge in [0.2, 0.25) is 5.91 Å². The number of rotatable bonds is 6. The molecule has 108 valence electrons. The number of nitrogens with one attached hydrogen (secondary N) is 1. The molecular weight excluding hydrogens is 282 g/mol. The summed E-state index contributed by atoms with van der Waals surface area (Å²) in [5.41, 5.74) is 0.692. The Bertz CT molecular complexity index is 486. The molecule has 0 aliphatic carbocycles. The zero-order valence-electron chi connectivity index (χ0n) is 10.9. The number of aliphatic carboxylic acids is 1. The number of carbonyl (C=O) groups excluding carboxylic acids is 2. The molecule has 1 aromatic rings. The first-order chi connectivity index (χ1) is 9.51. The molecule has 0 saturated heterocycles. The highest BCUT2D eigenvalue weighted by Crippen LogP contribution is 2.18. The van der Waals surface area contributed by atoms with Crippen LogP contribution in [0.1, 0.15) is 12.5 Å². The standard InChI is InChI=1S/C13H15NO5S/c1-2-19-13(18)14-11(15)8-20-10-5-3-9(4-6-10)7-12(16)17/h3-6H,2,7-8H2,1H3,(H,16,17)(H,14,15,18). The van der Waals surface area contributed by atoms with Crippen LogP contribution in [-0.4, -0.2) is 35.4 Å². The van der Waals surface area contributed by atoms with E-state index < -0.39 is 18.0 Å². The molecule has 0 radical (unpaired) electrons. The molecule has 0 aliphatic rings. The quantitative estimate of drug-likeness (QED) is 0.776. The van der Waals surface area contributed by atoms with Crippen molar-refractivity contribution >= 4 is 29.7 Å². The number of hydrogen-bond acceptors (Lipinski definition) is 5. The van der Waals surface area contributed by atoms with Gasteiger partial charge in [-0.3, -0.25) is 14.9 Å². The van der Waals surface area contributed by atoms with Gasteiger partial charge in [-0.2, -0.15) is 0 Å². The average molecular weight is 297 g/mol. The van der Waals surface area contributed by atoms with E-state index in [2.05, 4.69) is 10.1 Å². The lowest BCUT2D eigenvalue weighted by Gasteiger charge is -2.04. The molecule has 0 aliphatic heterocycles. The monoisotopic (exact) mass is 297 g/mol. The number of carbonyl (C=O) groups is 3. The number of hydrogen-bond donors (Lipinski definition) is 2. The van der Waals surface area contributed by atoms with Crippen molar-refractivity contribution in [3.63, 3.8) is 0 Å². The van der Waals surface area contributed by atoms with Crippen molar-refractivity contribution in [3.05, 3.63) is 29.8 Å². The SMILES string of the molecule is CCOC(=O)NC(=O)CSc1ccc(CC(=O)O)cc1. The van der Waals surface area contributed by atoms with Crippen molar-refractivity contribution in [1.29, 1.82) is 0 Å². The van der Waals surface area contributed by atoms with Gasteiger partial charge in [-0.15, -0.1) is 11.8 Å². The molecule has 20 heavy (non-hydrogen) atoms. The van der Waals surface area contributed by atoms with E-state index >= 15 is 0 Å². The van der Waals surface area contributed by atoms with E-state index in [1.807, 2.05) is 0 Å². The third kappa shape index (κ3) is 6.24. The molecule has 6 nitrogen and oxygen atoms in total. The summed E-state index contributed by atoms with van der Waals surface area (Å²) >= 11 is 1.25. The first kappa shape index (κ1) is 16.0. The minimum Gasteiger partial charge on any atom is -0.481 e. The number of carboxylic acid groups (broad SMARTS) is 1. The lowest BCUT2D eigenvalue weighted by Crippen LogP contribution is -2.32. The van der Waals surface area contributed by atoms with E-state index in [9.17, 15) is 14.4 Å². The highest BCUT2D eigenvalue weighted by molar-refractivity contribution is 8.00. The van der Waals surface area contributed by atoms with Gasteiger partial charge in [0.05, 0.1) is 18.8 Å². The molecule has 0 unspecified atom stereocenters. The fourth-order valence-corrected chi connectivity index (χ4v) is 2.04. The zero-order valence-corrected chi connectivity index (χ0v) is 11.7. The molecule has 0 heterocycles. The number of benzene rings is 1. The lowest BCUT2D eigenvalue weighted by molar-refractivity contribution is -0.136. The molecule has 0 fully saturated rings. The second-order valence-electron chi connectivity index (χ2n) is 3.77. The third-order valence-corrected chi connectivity index (χ3v) is 3.18. The van der Waals surface area contributed by atoms with Gasteiger partial charge in [0.25, 0.3) is 0 Å². The van der Waals surface area contributed by atoms with Crippen LogP contribution in [0.4, 0.5) is 4.79 Å². The molecular formula is C13H15NO5S. The van der Waals surface area contributed by atoms with Crippen LogP contribution in [-0.2, 0) is 20.7 Å². The molecule has 0 aromatic heterocycles. The van der Waals surface area contributed by atoms with Crippen molar-refractivity contribution in [2.45, 2.75) is 18.2 Å². The van der Waals surface area contributed by atoms with Crippen LogP contribution >= 0.6 is 11.8 Å². The molecule has 0 bridgehead atoms. The van der Waals surface area contributed by atoms with Gasteiger partial charge in [0.15, 0.2) is 0 Å². The number of thioether (sulfide) groups is 1. The Kier molecular flexibility index (Phi) is 6.58. The van der Waals surface area contributed by atoms with Crippen molar-refractivity contribution < 1.29 is 24.2 Å². The zero-order chi connectivity index (χ0) is 15.0. The summed E-state index contributed by atoms with van der Waals surface area (Å²) in [6, 6.07) is 6.86. The summed E-state index contributed by atoms with van der Waals surface area (Å²) in [7, 11) is 0. The Morgan fingerprint density at radius 2 is 1.90 bits per heavy atom. The summed E-state index contributed by atoms with van der Waals surface area (Å²) in [6.07, 6.45) is -0.788. The van der Waals surface area contributed by atoms with Crippen LogP contribution in [0.2, 0.25) is 0 Å². The second-order valence-corrected chi connectivity index (χ2v) is 4.82. The maximum atomic E-state index is 11.4. The Morgan fingerprint density at radius 1 is 1.25 bits per heavy atom. The summed E-state index contributed by atoms with van der Waals surface area (Å²) in [5, 5.41) is 10.7. The van der Waals surface area contributed by atoms with E-state index in [1.54, 1.807) is 31.2 Å². The van der Waals surface area contributed by atoms with E-state index in [4.69, 9.17) is 5.11 Å². The van der Waals surface area contributed by atoms with Gasteiger partial charge < -0.3 is 9.84 Å². The minimum atomic E-state index is -0.890. The van der Waals surface area contributed by atoms with Crippen LogP contribution in [0, 0.1) is 0 Å². The molecule has 7 heteroatoms. The predicted octanol–water partition coefficient (Wildman–Crippen LogP) is 1.68. The second kappa shape index (κ2) is 8.21. The summed E-state index contributed by atoms with van der Waals surface area (Å²) < 4.78 is 4.58. The Morgan fingerprint density at radius 3 is 2.45 bits per heavy atom. The van der Waals surface area contributed by atoms with Gasteiger partial charge in [0, 0.05) is 4.90 Å². The average Bonchev–Trinajstić information content (AvgIpc) is 2.37. The molecule has 2 N–H and O–H groups in total. The smallest absolute Gasteiger partial charge is 0.413 e. The van der Waals surface area contributed by atoms with Crippen LogP contribution in [0.3, 0.4) is 0 Å². The van der Waals surface area contributed by atoms with Crippen molar-refractivity contribution in [2.24, 2.45) is 0 Å². The number of imide groups is 1. The minimum absolute atomic E-state index is 0.0334. The van der Waals surface area contributed by atoms with Gasteiger partial charge >= 0.3 is 12.1 Å². The predicted molar refractivity (Wildman–Crippen MR) is 73.7 cm³/mol. The van der Waals surface area contributed by atoms with Crippen LogP contribution in [0.5, 0.6) is 0 Å². The molecule has 1 rings (SSSR count). The maximum Gasteiger partial charge on any atom is 0.413 e. The van der Waals surface area contributed by atoms with Crippen molar-refractivity contribution in [1.82, 2.24) is 5.32 Å². The van der Waals surface area contributed by atoms with Crippen LogP contribution in [0.25, 0.3) is 0 Å². The highest BCUT2D eigenvalue weighted by atomic mass is 32.2. The summed E-state index contributed by atoms with van der Waals surface area (Å²) in [5.74, 6) is -1.25. The normalized spacial score (nSPS) is 9.85. The molecule has 0 spiro atoms. The van der Waals surface area contributed by atoms with E-state index in [0.717, 1.165) is 4.90 Å². The lowest BCUT2D eigenvalue weighted by atomic mass is 10.2. The van der Waals surface area contributed by atoms with Gasteiger partial charge in [-0.25, -0.2) is 4.79 Å². The first-order valence-corrected chi connectivity index (χ1v) is 6.90. The molecule has 0 saturated carbocycles. The summed E-state index contributed by atoms with van der Waals surface area (Å²) in [4.78, 5) is 33.7. The van der Waals surface area contributed by atoms with Crippen molar-refractivity contribution in [3.8, 4) is 0 Å². The Labute approximate surface area is 120 Å². The van der Waals surface area contributed by atoms with Gasteiger partial charge in [-0.1, -0.05) is 12.1 Å². The molecule has 1 aromatic carbocycles. The van der Waals surface area contributed by atoms with E-state index in [-0.39, 0.29) is 18.8 Å². The van der Waals surface area contributed by atoms with Crippen LogP contribution < -0.4 is 5.32 Å². The first-order valence-electron chi connectivity index (χ1n) is 5.91. The summed E-state index contributed by atoms with van der Waals surface area (Å²) in [6.45, 7) is 1.86. The van der Waals surface area contributed by atoms with Gasteiger partial charge in [0.1, 0.15) is 0 Å². The number of alkyl carbamates (subject to hydrolysis) is 1. The van der Waals surface area contributed by atoms with E-state index in [1.165, 1.54) is 11.8 Å². The largest absolute Gasteiger partial charge is 0.481 e. The maximum absolute atomic E-state index is 11.4. The van der Waals surface area contributed by atoms with Gasteiger partial charge in [-0.05, 0) is 24.6 Å². The number of carboxylic acids is 1. The fourth-order valence-electron chi connectivity index (χ4n) is 1.34. The Hall–Kier alpha value is -2.02. The van der Waals surface area contributed by atoms with E-state index in [0.29, 0.717) is 5.56 Å². The highest BCUT2D eigenvalue weighted by Gasteiger charge is 2.08. The number of ether oxygens (including phenoxy) is 1. The number of amides is 2. The van der Waals surface area contributed by atoms with Crippen molar-refractivity contribution in [2.75, 3.05) is 12.4 Å². The fraction of sp³-hybridized carbons (Fsp3) is 0.308. The topological polar surface area (TPSA) is 92.7 Å².